The zero-order valence-electron chi connectivity index (χ0n) is 18.1. The van der Waals surface area contributed by atoms with E-state index in [1.54, 1.807) is 4.52 Å². The summed E-state index contributed by atoms with van der Waals surface area (Å²) in [6.45, 7) is 2.46. The second-order valence-electron chi connectivity index (χ2n) is 8.38. The third-order valence-corrected chi connectivity index (χ3v) is 6.14. The van der Waals surface area contributed by atoms with Gasteiger partial charge in [-0.1, -0.05) is 30.3 Å². The van der Waals surface area contributed by atoms with Crippen molar-refractivity contribution in [3.63, 3.8) is 0 Å². The van der Waals surface area contributed by atoms with Gasteiger partial charge in [0.05, 0.1) is 30.1 Å². The summed E-state index contributed by atoms with van der Waals surface area (Å²) in [4.78, 5) is 17.3. The fourth-order valence-electron chi connectivity index (χ4n) is 4.57. The van der Waals surface area contributed by atoms with Crippen molar-refractivity contribution in [3.8, 4) is 22.6 Å². The van der Waals surface area contributed by atoms with E-state index >= 15 is 0 Å². The van der Waals surface area contributed by atoms with Crippen LogP contribution in [-0.4, -0.2) is 40.8 Å². The van der Waals surface area contributed by atoms with Gasteiger partial charge in [0.2, 0.25) is 0 Å². The van der Waals surface area contributed by atoms with Crippen molar-refractivity contribution in [1.82, 2.24) is 34.9 Å². The molecule has 4 heterocycles. The molecule has 8 nitrogen and oxygen atoms in total. The molecule has 164 valence electrons. The molecule has 3 N–H and O–H groups in total. The number of nitrogens with one attached hydrogen (secondary N) is 2. The number of hydrogen-bond donors (Lipinski definition) is 3. The Morgan fingerprint density at radius 1 is 1.09 bits per heavy atom. The average molecular weight is 438 g/mol. The van der Waals surface area contributed by atoms with Crippen LogP contribution in [0, 0.1) is 6.92 Å². The minimum atomic E-state index is -0.454. The highest BCUT2D eigenvalue weighted by molar-refractivity contribution is 5.77. The average Bonchev–Trinajstić information content (AvgIpc) is 3.53. The van der Waals surface area contributed by atoms with Gasteiger partial charge in [-0.15, -0.1) is 0 Å². The van der Waals surface area contributed by atoms with E-state index in [4.69, 9.17) is 9.97 Å². The molecule has 0 unspecified atom stereocenters. The third-order valence-electron chi connectivity index (χ3n) is 6.14. The van der Waals surface area contributed by atoms with Crippen molar-refractivity contribution < 1.29 is 5.11 Å². The number of pyridine rings is 2. The summed E-state index contributed by atoms with van der Waals surface area (Å²) in [6, 6.07) is 17.9. The highest BCUT2D eigenvalue weighted by Gasteiger charge is 2.30. The first-order valence-electron chi connectivity index (χ1n) is 11.0. The van der Waals surface area contributed by atoms with E-state index in [0.29, 0.717) is 13.0 Å². The topological polar surface area (TPSA) is 104 Å². The van der Waals surface area contributed by atoms with Crippen LogP contribution in [0.2, 0.25) is 0 Å². The second-order valence-corrected chi connectivity index (χ2v) is 8.38. The zero-order valence-corrected chi connectivity index (χ0v) is 18.1. The normalized spacial score (nSPS) is 17.5. The van der Waals surface area contributed by atoms with Crippen LogP contribution in [0.1, 0.15) is 28.7 Å². The fraction of sp³-hybridized carbons (Fsp3) is 0.200. The Balaban J connectivity index is 1.36. The maximum Gasteiger partial charge on any atom is 0.155 e. The van der Waals surface area contributed by atoms with Crippen molar-refractivity contribution in [2.45, 2.75) is 32.0 Å². The van der Waals surface area contributed by atoms with Crippen LogP contribution in [0.4, 0.5) is 0 Å². The summed E-state index contributed by atoms with van der Waals surface area (Å²) in [5.74, 6) is 0.776. The molecule has 0 aliphatic heterocycles. The summed E-state index contributed by atoms with van der Waals surface area (Å²) < 4.78 is 1.74. The lowest BCUT2D eigenvalue weighted by atomic mass is 10.1. The lowest BCUT2D eigenvalue weighted by Gasteiger charge is -2.17. The van der Waals surface area contributed by atoms with Crippen molar-refractivity contribution in [2.75, 3.05) is 0 Å². The molecular formula is C25H23N7O. The number of nitrogens with zero attached hydrogens (tertiary/aromatic N) is 5. The van der Waals surface area contributed by atoms with Gasteiger partial charge in [-0.25, -0.2) is 14.5 Å². The summed E-state index contributed by atoms with van der Waals surface area (Å²) in [7, 11) is 0. The van der Waals surface area contributed by atoms with Crippen molar-refractivity contribution in [1.29, 1.82) is 0 Å². The fourth-order valence-corrected chi connectivity index (χ4v) is 4.57. The molecule has 0 amide bonds. The molecule has 0 spiro atoms. The molecule has 0 radical (unpaired) electrons. The standard InChI is InChI=1S/C25H23N7O/c1-15-5-4-8-19(29-15)25-23(17-9-10-22-27-14-28-32(22)13-17)30-21(31-25)12-26-24-18-7-3-2-6-16(18)11-20(24)33/h2-10,13-14,20,24,26,33H,11-12H2,1H3,(H,30,31)/t20-,24+/m0/s1. The molecule has 2 atom stereocenters. The van der Waals surface area contributed by atoms with Crippen molar-refractivity contribution in [3.05, 3.63) is 89.8 Å². The number of imidazole rings is 1. The first-order chi connectivity index (χ1) is 16.2. The van der Waals surface area contributed by atoms with E-state index in [0.717, 1.165) is 45.4 Å². The largest absolute Gasteiger partial charge is 0.391 e. The van der Waals surface area contributed by atoms with E-state index in [2.05, 4.69) is 32.5 Å². The lowest BCUT2D eigenvalue weighted by Crippen LogP contribution is -2.28. The minimum absolute atomic E-state index is 0.123. The van der Waals surface area contributed by atoms with Gasteiger partial charge in [0, 0.05) is 23.9 Å². The Morgan fingerprint density at radius 3 is 2.91 bits per heavy atom. The van der Waals surface area contributed by atoms with Gasteiger partial charge in [0.1, 0.15) is 17.8 Å². The number of aliphatic hydroxyl groups excluding tert-OH is 1. The first kappa shape index (κ1) is 19.8. The summed E-state index contributed by atoms with van der Waals surface area (Å²) in [5.41, 5.74) is 7.44. The highest BCUT2D eigenvalue weighted by atomic mass is 16.3. The third kappa shape index (κ3) is 3.59. The molecule has 1 aromatic carbocycles. The number of aryl methyl sites for hydroxylation is 1. The SMILES string of the molecule is Cc1cccc(-c2nc(CN[C@@H]3c4ccccc4C[C@@H]3O)[nH]c2-c2ccc3ncnn3c2)n1. The van der Waals surface area contributed by atoms with Crippen molar-refractivity contribution in [2.24, 2.45) is 0 Å². The summed E-state index contributed by atoms with van der Waals surface area (Å²) in [6.07, 6.45) is 3.68. The van der Waals surface area contributed by atoms with Gasteiger partial charge >= 0.3 is 0 Å². The molecule has 4 aromatic heterocycles. The van der Waals surface area contributed by atoms with Gasteiger partial charge in [-0.05, 0) is 42.3 Å². The Labute approximate surface area is 190 Å². The predicted molar refractivity (Wildman–Crippen MR) is 124 cm³/mol. The highest BCUT2D eigenvalue weighted by Crippen LogP contribution is 2.32. The van der Waals surface area contributed by atoms with Gasteiger partial charge in [0.15, 0.2) is 5.65 Å². The molecule has 5 aromatic rings. The molecule has 1 aliphatic carbocycles. The van der Waals surface area contributed by atoms with Gasteiger partial charge < -0.3 is 15.4 Å². The molecular weight excluding hydrogens is 414 g/mol. The molecule has 0 bridgehead atoms. The van der Waals surface area contributed by atoms with Crippen LogP contribution < -0.4 is 5.32 Å². The van der Waals surface area contributed by atoms with Crippen LogP contribution in [0.25, 0.3) is 28.3 Å². The van der Waals surface area contributed by atoms with Crippen LogP contribution >= 0.6 is 0 Å². The maximum atomic E-state index is 10.6. The Kier molecular flexibility index (Phi) is 4.74. The quantitative estimate of drug-likeness (QED) is 0.390. The number of aromatic nitrogens is 6. The number of hydrogen-bond acceptors (Lipinski definition) is 6. The van der Waals surface area contributed by atoms with Gasteiger partial charge in [-0.2, -0.15) is 5.10 Å². The summed E-state index contributed by atoms with van der Waals surface area (Å²) >= 11 is 0. The maximum absolute atomic E-state index is 10.6. The number of rotatable bonds is 5. The monoisotopic (exact) mass is 437 g/mol. The molecule has 1 aliphatic rings. The zero-order chi connectivity index (χ0) is 22.4. The number of aromatic amines is 1. The Bertz CT molecular complexity index is 1450. The number of aliphatic hydroxyl groups is 1. The van der Waals surface area contributed by atoms with E-state index in [1.165, 1.54) is 11.9 Å². The molecule has 0 fully saturated rings. The van der Waals surface area contributed by atoms with E-state index < -0.39 is 6.10 Å². The number of benzene rings is 1. The predicted octanol–water partition coefficient (Wildman–Crippen LogP) is 3.24. The molecule has 6 rings (SSSR count). The van der Waals surface area contributed by atoms with Crippen LogP contribution in [-0.2, 0) is 13.0 Å². The Morgan fingerprint density at radius 2 is 2.00 bits per heavy atom. The second kappa shape index (κ2) is 7.91. The smallest absolute Gasteiger partial charge is 0.155 e. The van der Waals surface area contributed by atoms with Crippen LogP contribution in [0.5, 0.6) is 0 Å². The van der Waals surface area contributed by atoms with Gasteiger partial charge in [0.25, 0.3) is 0 Å². The number of H-pyrrole nitrogens is 1. The van der Waals surface area contributed by atoms with E-state index in [-0.39, 0.29) is 6.04 Å². The molecule has 0 saturated carbocycles. The van der Waals surface area contributed by atoms with Gasteiger partial charge in [-0.3, -0.25) is 4.98 Å². The molecule has 33 heavy (non-hydrogen) atoms. The number of fused-ring (bicyclic) bond motifs is 2. The first-order valence-corrected chi connectivity index (χ1v) is 11.0. The summed E-state index contributed by atoms with van der Waals surface area (Å²) in [5, 5.41) is 18.4. The van der Waals surface area contributed by atoms with E-state index in [1.807, 2.05) is 55.6 Å². The lowest BCUT2D eigenvalue weighted by molar-refractivity contribution is 0.140. The minimum Gasteiger partial charge on any atom is -0.391 e. The molecule has 0 saturated heterocycles. The van der Waals surface area contributed by atoms with E-state index in [9.17, 15) is 5.11 Å². The van der Waals surface area contributed by atoms with Crippen molar-refractivity contribution >= 4 is 5.65 Å². The van der Waals surface area contributed by atoms with Crippen LogP contribution in [0.3, 0.4) is 0 Å². The molecule has 8 heteroatoms. The Hall–Kier alpha value is -3.88. The van der Waals surface area contributed by atoms with Crippen LogP contribution in [0.15, 0.2) is 67.1 Å².